The highest BCUT2D eigenvalue weighted by atomic mass is 16.5. The van der Waals surface area contributed by atoms with Crippen molar-refractivity contribution in [3.63, 3.8) is 0 Å². The van der Waals surface area contributed by atoms with E-state index >= 15 is 0 Å². The molecule has 0 bridgehead atoms. The number of hydrogen-bond donors (Lipinski definition) is 0. The Kier molecular flexibility index (Phi) is 4.16. The van der Waals surface area contributed by atoms with Crippen molar-refractivity contribution in [2.75, 3.05) is 21.3 Å². The fourth-order valence-corrected chi connectivity index (χ4v) is 2.92. The van der Waals surface area contributed by atoms with Gasteiger partial charge in [-0.05, 0) is 36.4 Å². The van der Waals surface area contributed by atoms with Gasteiger partial charge in [-0.1, -0.05) is 0 Å². The maximum Gasteiger partial charge on any atom is 0.220 e. The van der Waals surface area contributed by atoms with E-state index in [9.17, 15) is 4.79 Å². The van der Waals surface area contributed by atoms with Gasteiger partial charge in [0.05, 0.1) is 27.0 Å². The summed E-state index contributed by atoms with van der Waals surface area (Å²) in [6.07, 6.45) is 1.98. The third kappa shape index (κ3) is 2.58. The summed E-state index contributed by atoms with van der Waals surface area (Å²) in [5.41, 5.74) is 1.82. The number of methoxy groups -OCH3 is 3. The maximum atomic E-state index is 12.0. The Labute approximate surface area is 140 Å². The Morgan fingerprint density at radius 2 is 1.54 bits per heavy atom. The molecule has 3 aromatic rings. The molecule has 0 amide bonds. The van der Waals surface area contributed by atoms with Gasteiger partial charge in [-0.25, -0.2) is 0 Å². The highest BCUT2D eigenvalue weighted by molar-refractivity contribution is 5.96. The smallest absolute Gasteiger partial charge is 0.220 e. The molecule has 0 radical (unpaired) electrons. The lowest BCUT2D eigenvalue weighted by Gasteiger charge is -2.10. The summed E-state index contributed by atoms with van der Waals surface area (Å²) in [7, 11) is 6.69. The van der Waals surface area contributed by atoms with Crippen LogP contribution in [0.1, 0.15) is 0 Å². The molecule has 0 N–H and O–H groups in total. The van der Waals surface area contributed by atoms with Gasteiger partial charge >= 0.3 is 0 Å². The SMILES string of the molecule is COc1ccc(-c2c3ccc(=O)c(OC)cc3cn2C)cc1OC. The molecule has 124 valence electrons. The molecule has 0 saturated carbocycles. The predicted molar refractivity (Wildman–Crippen MR) is 94.3 cm³/mol. The molecule has 5 nitrogen and oxygen atoms in total. The van der Waals surface area contributed by atoms with Crippen LogP contribution < -0.4 is 19.6 Å². The minimum Gasteiger partial charge on any atom is -0.493 e. The Bertz CT molecular complexity index is 959. The largest absolute Gasteiger partial charge is 0.493 e. The van der Waals surface area contributed by atoms with E-state index in [1.807, 2.05) is 42.1 Å². The first kappa shape index (κ1) is 15.9. The van der Waals surface area contributed by atoms with Crippen molar-refractivity contribution >= 4 is 10.8 Å². The van der Waals surface area contributed by atoms with Gasteiger partial charge in [0.15, 0.2) is 17.2 Å². The first-order valence-corrected chi connectivity index (χ1v) is 7.49. The van der Waals surface area contributed by atoms with Crippen molar-refractivity contribution in [3.8, 4) is 28.5 Å². The quantitative estimate of drug-likeness (QED) is 0.739. The molecular weight excluding hydrogens is 306 g/mol. The van der Waals surface area contributed by atoms with Crippen molar-refractivity contribution in [2.45, 2.75) is 0 Å². The van der Waals surface area contributed by atoms with Crippen LogP contribution in [-0.4, -0.2) is 25.9 Å². The lowest BCUT2D eigenvalue weighted by atomic mass is 10.1. The van der Waals surface area contributed by atoms with Gasteiger partial charge < -0.3 is 18.8 Å². The molecular formula is C19H19NO4. The topological polar surface area (TPSA) is 49.7 Å². The third-order valence-corrected chi connectivity index (χ3v) is 4.06. The molecule has 2 aromatic carbocycles. The number of aromatic nitrogens is 1. The number of benzene rings is 1. The second kappa shape index (κ2) is 6.28. The molecule has 0 aliphatic heterocycles. The molecule has 0 saturated heterocycles. The van der Waals surface area contributed by atoms with Gasteiger partial charge in [-0.15, -0.1) is 0 Å². The van der Waals surface area contributed by atoms with E-state index in [0.29, 0.717) is 17.2 Å². The molecule has 1 heterocycles. The Hall–Kier alpha value is -2.95. The first-order chi connectivity index (χ1) is 11.6. The van der Waals surface area contributed by atoms with Crippen molar-refractivity contribution in [1.29, 1.82) is 0 Å². The molecule has 0 aliphatic rings. The molecule has 3 rings (SSSR count). The van der Waals surface area contributed by atoms with Crippen LogP contribution in [-0.2, 0) is 7.05 Å². The Morgan fingerprint density at radius 3 is 2.21 bits per heavy atom. The molecule has 24 heavy (non-hydrogen) atoms. The van der Waals surface area contributed by atoms with Crippen molar-refractivity contribution in [2.24, 2.45) is 7.05 Å². The number of ether oxygens (including phenoxy) is 3. The lowest BCUT2D eigenvalue weighted by Crippen LogP contribution is -1.99. The van der Waals surface area contributed by atoms with Crippen molar-refractivity contribution < 1.29 is 14.2 Å². The summed E-state index contributed by atoms with van der Waals surface area (Å²) in [6, 6.07) is 10.9. The number of hydrogen-bond acceptors (Lipinski definition) is 4. The summed E-state index contributed by atoms with van der Waals surface area (Å²) in [5, 5.41) is 1.89. The minimum atomic E-state index is -0.144. The molecule has 0 fully saturated rings. The van der Waals surface area contributed by atoms with Crippen molar-refractivity contribution in [3.05, 3.63) is 52.8 Å². The average Bonchev–Trinajstić information content (AvgIpc) is 2.83. The van der Waals surface area contributed by atoms with Crippen LogP contribution in [0.5, 0.6) is 17.2 Å². The predicted octanol–water partition coefficient (Wildman–Crippen LogP) is 3.23. The average molecular weight is 325 g/mol. The van der Waals surface area contributed by atoms with Gasteiger partial charge in [0.1, 0.15) is 0 Å². The highest BCUT2D eigenvalue weighted by Gasteiger charge is 2.13. The molecule has 0 spiro atoms. The summed E-state index contributed by atoms with van der Waals surface area (Å²) in [4.78, 5) is 12.0. The zero-order chi connectivity index (χ0) is 17.3. The molecule has 1 aromatic heterocycles. The van der Waals surface area contributed by atoms with E-state index in [2.05, 4.69) is 0 Å². The van der Waals surface area contributed by atoms with Crippen LogP contribution >= 0.6 is 0 Å². The molecule has 0 atom stereocenters. The normalized spacial score (nSPS) is 10.7. The molecule has 0 aliphatic carbocycles. The molecule has 0 unspecified atom stereocenters. The van der Waals surface area contributed by atoms with E-state index in [1.54, 1.807) is 20.3 Å². The van der Waals surface area contributed by atoms with E-state index in [-0.39, 0.29) is 5.43 Å². The van der Waals surface area contributed by atoms with Gasteiger partial charge in [-0.2, -0.15) is 0 Å². The Balaban J connectivity index is 2.29. The van der Waals surface area contributed by atoms with Gasteiger partial charge in [-0.3, -0.25) is 4.79 Å². The number of nitrogens with zero attached hydrogens (tertiary/aromatic N) is 1. The second-order valence-electron chi connectivity index (χ2n) is 5.44. The number of aryl methyl sites for hydroxylation is 1. The van der Waals surface area contributed by atoms with Gasteiger partial charge in [0, 0.05) is 29.6 Å². The van der Waals surface area contributed by atoms with Gasteiger partial charge in [0.25, 0.3) is 0 Å². The second-order valence-corrected chi connectivity index (χ2v) is 5.44. The Morgan fingerprint density at radius 1 is 0.833 bits per heavy atom. The van der Waals surface area contributed by atoms with E-state index in [4.69, 9.17) is 14.2 Å². The van der Waals surface area contributed by atoms with Crippen LogP contribution in [0.25, 0.3) is 22.0 Å². The van der Waals surface area contributed by atoms with Crippen LogP contribution in [0.15, 0.2) is 47.4 Å². The van der Waals surface area contributed by atoms with E-state index < -0.39 is 0 Å². The monoisotopic (exact) mass is 325 g/mol. The number of rotatable bonds is 4. The highest BCUT2D eigenvalue weighted by Crippen LogP contribution is 2.36. The summed E-state index contributed by atoms with van der Waals surface area (Å²) < 4.78 is 17.9. The zero-order valence-corrected chi connectivity index (χ0v) is 14.1. The van der Waals surface area contributed by atoms with Crippen LogP contribution in [0.2, 0.25) is 0 Å². The minimum absolute atomic E-state index is 0.144. The van der Waals surface area contributed by atoms with E-state index in [1.165, 1.54) is 13.2 Å². The fourth-order valence-electron chi connectivity index (χ4n) is 2.92. The fraction of sp³-hybridized carbons (Fsp3) is 0.211. The third-order valence-electron chi connectivity index (χ3n) is 4.06. The van der Waals surface area contributed by atoms with E-state index in [0.717, 1.165) is 22.0 Å². The maximum absolute atomic E-state index is 12.0. The van der Waals surface area contributed by atoms with Gasteiger partial charge in [0.2, 0.25) is 5.43 Å². The first-order valence-electron chi connectivity index (χ1n) is 7.49. The van der Waals surface area contributed by atoms with Crippen LogP contribution in [0.4, 0.5) is 0 Å². The number of fused-ring (bicyclic) bond motifs is 1. The summed E-state index contributed by atoms with van der Waals surface area (Å²) >= 11 is 0. The lowest BCUT2D eigenvalue weighted by molar-refractivity contribution is 0.355. The van der Waals surface area contributed by atoms with Crippen molar-refractivity contribution in [1.82, 2.24) is 4.57 Å². The van der Waals surface area contributed by atoms with Crippen LogP contribution in [0, 0.1) is 0 Å². The summed E-state index contributed by atoms with van der Waals surface area (Å²) in [6.45, 7) is 0. The summed E-state index contributed by atoms with van der Waals surface area (Å²) in [5.74, 6) is 1.66. The van der Waals surface area contributed by atoms with Crippen LogP contribution in [0.3, 0.4) is 0 Å². The molecule has 5 heteroatoms. The standard InChI is InChI=1S/C19H19NO4/c1-20-11-13-10-17(23-3)15(21)7-6-14(13)19(20)12-5-8-16(22-2)18(9-12)24-4/h5-11H,1-4H3. The zero-order valence-electron chi connectivity index (χ0n) is 14.1.